The van der Waals surface area contributed by atoms with Gasteiger partial charge in [0, 0.05) is 36.7 Å². The van der Waals surface area contributed by atoms with Crippen molar-refractivity contribution in [3.8, 4) is 0 Å². The van der Waals surface area contributed by atoms with Gasteiger partial charge in [-0.2, -0.15) is 0 Å². The number of hydrogen-bond donors (Lipinski definition) is 1. The number of thiophene rings is 1. The van der Waals surface area contributed by atoms with Crippen LogP contribution in [0.25, 0.3) is 0 Å². The minimum atomic E-state index is 0.162. The van der Waals surface area contributed by atoms with Crippen LogP contribution in [0.5, 0.6) is 0 Å². The first-order chi connectivity index (χ1) is 10.2. The zero-order valence-electron chi connectivity index (χ0n) is 12.4. The van der Waals surface area contributed by atoms with Crippen molar-refractivity contribution in [2.75, 3.05) is 26.2 Å². The summed E-state index contributed by atoms with van der Waals surface area (Å²) in [4.78, 5) is 16.0. The maximum atomic E-state index is 12.8. The van der Waals surface area contributed by atoms with Gasteiger partial charge in [-0.25, -0.2) is 0 Å². The Bertz CT molecular complexity index is 512. The van der Waals surface area contributed by atoms with E-state index < -0.39 is 0 Å². The van der Waals surface area contributed by atoms with Crippen molar-refractivity contribution in [3.05, 3.63) is 33.5 Å². The minimum Gasteiger partial charge on any atom is -0.376 e. The highest BCUT2D eigenvalue weighted by atomic mass is 32.1. The third-order valence-electron chi connectivity index (χ3n) is 4.19. The van der Waals surface area contributed by atoms with Gasteiger partial charge in [-0.3, -0.25) is 4.79 Å². The summed E-state index contributed by atoms with van der Waals surface area (Å²) in [5.74, 6) is 0.162. The molecule has 2 saturated heterocycles. The normalized spacial score (nSPS) is 21.2. The summed E-state index contributed by atoms with van der Waals surface area (Å²) >= 11 is 1.70. The number of nitrogens with one attached hydrogen (secondary N) is 1. The van der Waals surface area contributed by atoms with Gasteiger partial charge in [0.05, 0.1) is 12.6 Å². The van der Waals surface area contributed by atoms with E-state index in [1.165, 1.54) is 10.5 Å². The summed E-state index contributed by atoms with van der Waals surface area (Å²) in [6, 6.07) is 4.13. The third-order valence-corrected chi connectivity index (χ3v) is 5.05. The van der Waals surface area contributed by atoms with Crippen LogP contribution in [0.1, 0.15) is 24.6 Å². The summed E-state index contributed by atoms with van der Waals surface area (Å²) in [5.41, 5.74) is 2.15. The van der Waals surface area contributed by atoms with E-state index in [1.54, 1.807) is 11.3 Å². The average molecular weight is 306 g/mol. The molecule has 0 bridgehead atoms. The number of hydrogen-bond acceptors (Lipinski definition) is 4. The van der Waals surface area contributed by atoms with Crippen LogP contribution in [0.15, 0.2) is 28.7 Å². The number of carbonyl (C=O) groups excluding carboxylic acids is 1. The zero-order chi connectivity index (χ0) is 14.7. The second kappa shape index (κ2) is 6.73. The van der Waals surface area contributed by atoms with Crippen LogP contribution < -0.4 is 5.32 Å². The van der Waals surface area contributed by atoms with Gasteiger partial charge in [-0.15, -0.1) is 11.3 Å². The molecule has 1 unspecified atom stereocenters. The number of carbonyl (C=O) groups is 1. The lowest BCUT2D eigenvalue weighted by atomic mass is 10.0. The maximum Gasteiger partial charge on any atom is 0.249 e. The van der Waals surface area contributed by atoms with Crippen LogP contribution in [0.4, 0.5) is 0 Å². The van der Waals surface area contributed by atoms with Crippen LogP contribution in [-0.2, 0) is 16.1 Å². The Hall–Kier alpha value is -1.17. The van der Waals surface area contributed by atoms with Gasteiger partial charge in [0.2, 0.25) is 5.91 Å². The van der Waals surface area contributed by atoms with Crippen LogP contribution >= 0.6 is 11.3 Å². The Kier molecular flexibility index (Phi) is 4.73. The van der Waals surface area contributed by atoms with Gasteiger partial charge >= 0.3 is 0 Å². The van der Waals surface area contributed by atoms with Gasteiger partial charge in [-0.1, -0.05) is 6.07 Å². The quantitative estimate of drug-likeness (QED) is 0.848. The predicted molar refractivity (Wildman–Crippen MR) is 84.3 cm³/mol. The van der Waals surface area contributed by atoms with Crippen LogP contribution in [0, 0.1) is 0 Å². The summed E-state index contributed by atoms with van der Waals surface area (Å²) < 4.78 is 5.71. The van der Waals surface area contributed by atoms with E-state index in [2.05, 4.69) is 16.8 Å². The fourth-order valence-electron chi connectivity index (χ4n) is 2.75. The van der Waals surface area contributed by atoms with E-state index >= 15 is 0 Å². The van der Waals surface area contributed by atoms with E-state index in [1.807, 2.05) is 17.9 Å². The van der Waals surface area contributed by atoms with E-state index in [-0.39, 0.29) is 12.0 Å². The van der Waals surface area contributed by atoms with Gasteiger partial charge in [0.15, 0.2) is 0 Å². The lowest BCUT2D eigenvalue weighted by Gasteiger charge is -2.28. The average Bonchev–Trinajstić information content (AvgIpc) is 3.08. The molecule has 1 aromatic heterocycles. The van der Waals surface area contributed by atoms with E-state index in [9.17, 15) is 4.79 Å². The Labute approximate surface area is 129 Å². The van der Waals surface area contributed by atoms with Crippen LogP contribution in [0.3, 0.4) is 0 Å². The summed E-state index contributed by atoms with van der Waals surface area (Å²) in [7, 11) is 0. The van der Waals surface area contributed by atoms with Crippen LogP contribution in [0.2, 0.25) is 0 Å². The number of amides is 1. The van der Waals surface area contributed by atoms with Crippen molar-refractivity contribution >= 4 is 17.2 Å². The molecule has 1 N–H and O–H groups in total. The molecular weight excluding hydrogens is 284 g/mol. The summed E-state index contributed by atoms with van der Waals surface area (Å²) in [5, 5.41) is 5.26. The Morgan fingerprint density at radius 1 is 1.52 bits per heavy atom. The predicted octanol–water partition coefficient (Wildman–Crippen LogP) is 2.18. The first kappa shape index (κ1) is 14.8. The summed E-state index contributed by atoms with van der Waals surface area (Å²) in [6.45, 7) is 5.88. The number of rotatable bonds is 5. The zero-order valence-corrected chi connectivity index (χ0v) is 13.2. The van der Waals surface area contributed by atoms with E-state index in [0.717, 1.165) is 38.1 Å². The SMILES string of the molecule is CC(C(=O)N(Cc1cccs1)CC1CCCO1)=C1CNC1. The molecule has 2 aliphatic heterocycles. The molecule has 2 aliphatic rings. The molecule has 0 aromatic carbocycles. The van der Waals surface area contributed by atoms with Crippen molar-refractivity contribution in [1.82, 2.24) is 10.2 Å². The molecule has 3 heterocycles. The minimum absolute atomic E-state index is 0.162. The summed E-state index contributed by atoms with van der Waals surface area (Å²) in [6.07, 6.45) is 2.37. The molecule has 0 radical (unpaired) electrons. The maximum absolute atomic E-state index is 12.8. The van der Waals surface area contributed by atoms with E-state index in [4.69, 9.17) is 4.74 Å². The lowest BCUT2D eigenvalue weighted by molar-refractivity contribution is -0.129. The first-order valence-electron chi connectivity index (χ1n) is 7.56. The highest BCUT2D eigenvalue weighted by molar-refractivity contribution is 7.09. The fraction of sp³-hybridized carbons (Fsp3) is 0.562. The molecular formula is C16H22N2O2S. The van der Waals surface area contributed by atoms with Crippen molar-refractivity contribution in [3.63, 3.8) is 0 Å². The monoisotopic (exact) mass is 306 g/mol. The molecule has 3 rings (SSSR count). The number of ether oxygens (including phenoxy) is 1. The molecule has 1 amide bonds. The highest BCUT2D eigenvalue weighted by Crippen LogP contribution is 2.20. The Balaban J connectivity index is 1.72. The Morgan fingerprint density at radius 3 is 2.95 bits per heavy atom. The van der Waals surface area contributed by atoms with Gasteiger partial charge < -0.3 is 15.0 Å². The second-order valence-electron chi connectivity index (χ2n) is 5.73. The van der Waals surface area contributed by atoms with Crippen molar-refractivity contribution in [2.45, 2.75) is 32.4 Å². The Morgan fingerprint density at radius 2 is 2.38 bits per heavy atom. The van der Waals surface area contributed by atoms with Crippen molar-refractivity contribution < 1.29 is 9.53 Å². The molecule has 1 aromatic rings. The number of nitrogens with zero attached hydrogens (tertiary/aromatic N) is 1. The van der Waals surface area contributed by atoms with Crippen molar-refractivity contribution in [2.24, 2.45) is 0 Å². The van der Waals surface area contributed by atoms with Crippen molar-refractivity contribution in [1.29, 1.82) is 0 Å². The molecule has 21 heavy (non-hydrogen) atoms. The molecule has 0 aliphatic carbocycles. The smallest absolute Gasteiger partial charge is 0.249 e. The highest BCUT2D eigenvalue weighted by Gasteiger charge is 2.26. The lowest BCUT2D eigenvalue weighted by Crippen LogP contribution is -2.41. The topological polar surface area (TPSA) is 41.6 Å². The van der Waals surface area contributed by atoms with Gasteiger partial charge in [0.1, 0.15) is 0 Å². The van der Waals surface area contributed by atoms with Gasteiger partial charge in [0.25, 0.3) is 0 Å². The molecule has 4 nitrogen and oxygen atoms in total. The molecule has 2 fully saturated rings. The van der Waals surface area contributed by atoms with E-state index in [0.29, 0.717) is 13.1 Å². The molecule has 1 atom stereocenters. The first-order valence-corrected chi connectivity index (χ1v) is 8.44. The fourth-order valence-corrected chi connectivity index (χ4v) is 3.47. The molecule has 0 spiro atoms. The molecule has 5 heteroatoms. The third kappa shape index (κ3) is 3.54. The second-order valence-corrected chi connectivity index (χ2v) is 6.76. The molecule has 114 valence electrons. The van der Waals surface area contributed by atoms with Crippen LogP contribution in [-0.4, -0.2) is 43.2 Å². The standard InChI is InChI=1S/C16H22N2O2S/c1-12(13-8-17-9-13)16(19)18(10-14-4-2-6-20-14)11-15-5-3-7-21-15/h3,5,7,14,17H,2,4,6,8-11H2,1H3. The largest absolute Gasteiger partial charge is 0.376 e. The van der Waals surface area contributed by atoms with Gasteiger partial charge in [-0.05, 0) is 36.8 Å². The molecule has 0 saturated carbocycles.